The Morgan fingerprint density at radius 2 is 1.75 bits per heavy atom. The third-order valence-electron chi connectivity index (χ3n) is 4.75. The summed E-state index contributed by atoms with van der Waals surface area (Å²) < 4.78 is 41.4. The highest BCUT2D eigenvalue weighted by Crippen LogP contribution is 2.40. The Hall–Kier alpha value is -2.18. The molecule has 2 heterocycles. The summed E-state index contributed by atoms with van der Waals surface area (Å²) in [6.45, 7) is 0.766. The van der Waals surface area contributed by atoms with Crippen LogP contribution in [0.25, 0.3) is 16.9 Å². The molecule has 8 heteroatoms. The molecule has 2 aromatic carbocycles. The van der Waals surface area contributed by atoms with Gasteiger partial charge >= 0.3 is 6.18 Å². The molecule has 3 aromatic rings. The van der Waals surface area contributed by atoms with Crippen LogP contribution in [0.2, 0.25) is 10.0 Å². The van der Waals surface area contributed by atoms with Crippen LogP contribution in [0.1, 0.15) is 24.0 Å². The number of benzene rings is 2. The highest BCUT2D eigenvalue weighted by Gasteiger charge is 2.32. The lowest BCUT2D eigenvalue weighted by Crippen LogP contribution is -2.07. The van der Waals surface area contributed by atoms with Crippen molar-refractivity contribution in [1.82, 2.24) is 9.78 Å². The number of fused-ring (bicyclic) bond motifs is 1. The SMILES string of the molecule is FC(F)(F)c1ccc(Cl)c(-c2nn(-c3ccc(Cl)cc3)c3c2CCCCN3)c1. The molecule has 0 atom stereocenters. The number of alkyl halides is 3. The predicted molar refractivity (Wildman–Crippen MR) is 105 cm³/mol. The van der Waals surface area contributed by atoms with Crippen LogP contribution >= 0.6 is 23.2 Å². The van der Waals surface area contributed by atoms with Crippen LogP contribution < -0.4 is 5.32 Å². The fourth-order valence-electron chi connectivity index (χ4n) is 3.37. The van der Waals surface area contributed by atoms with Gasteiger partial charge in [-0.25, -0.2) is 4.68 Å². The maximum Gasteiger partial charge on any atom is 0.416 e. The van der Waals surface area contributed by atoms with E-state index >= 15 is 0 Å². The second-order valence-electron chi connectivity index (χ2n) is 6.64. The summed E-state index contributed by atoms with van der Waals surface area (Å²) in [5, 5.41) is 8.84. The summed E-state index contributed by atoms with van der Waals surface area (Å²) >= 11 is 12.3. The molecular formula is C20H16Cl2F3N3. The van der Waals surface area contributed by atoms with E-state index in [2.05, 4.69) is 10.4 Å². The molecule has 1 aliphatic heterocycles. The molecule has 0 bridgehead atoms. The highest BCUT2D eigenvalue weighted by atomic mass is 35.5. The van der Waals surface area contributed by atoms with E-state index in [1.165, 1.54) is 6.07 Å². The van der Waals surface area contributed by atoms with E-state index < -0.39 is 11.7 Å². The molecule has 0 saturated carbocycles. The molecule has 0 aliphatic carbocycles. The number of nitrogens with one attached hydrogen (secondary N) is 1. The quantitative estimate of drug-likeness (QED) is 0.500. The summed E-state index contributed by atoms with van der Waals surface area (Å²) in [5.41, 5.74) is 1.64. The molecule has 0 saturated heterocycles. The largest absolute Gasteiger partial charge is 0.416 e. The molecule has 0 spiro atoms. The monoisotopic (exact) mass is 425 g/mol. The molecule has 0 amide bonds. The first-order chi connectivity index (χ1) is 13.3. The average Bonchev–Trinajstić information content (AvgIpc) is 2.83. The molecule has 0 radical (unpaired) electrons. The fraction of sp³-hybridized carbons (Fsp3) is 0.250. The molecule has 3 nitrogen and oxygen atoms in total. The van der Waals surface area contributed by atoms with Gasteiger partial charge in [0, 0.05) is 22.7 Å². The average molecular weight is 426 g/mol. The van der Waals surface area contributed by atoms with E-state index in [4.69, 9.17) is 23.2 Å². The van der Waals surface area contributed by atoms with Crippen molar-refractivity contribution in [2.24, 2.45) is 0 Å². The van der Waals surface area contributed by atoms with E-state index in [0.29, 0.717) is 17.1 Å². The third-order valence-corrected chi connectivity index (χ3v) is 5.33. The first-order valence-electron chi connectivity index (χ1n) is 8.83. The molecule has 1 N–H and O–H groups in total. The van der Waals surface area contributed by atoms with E-state index in [0.717, 1.165) is 48.6 Å². The minimum atomic E-state index is -4.45. The topological polar surface area (TPSA) is 29.9 Å². The van der Waals surface area contributed by atoms with Gasteiger partial charge in [-0.1, -0.05) is 23.2 Å². The van der Waals surface area contributed by atoms with E-state index in [1.54, 1.807) is 16.8 Å². The maximum atomic E-state index is 13.2. The number of nitrogens with zero attached hydrogens (tertiary/aromatic N) is 2. The van der Waals surface area contributed by atoms with Gasteiger partial charge in [-0.05, 0) is 61.7 Å². The number of halogens is 5. The van der Waals surface area contributed by atoms with Gasteiger partial charge in [0.2, 0.25) is 0 Å². The van der Waals surface area contributed by atoms with Crippen molar-refractivity contribution < 1.29 is 13.2 Å². The molecule has 4 rings (SSSR count). The first kappa shape index (κ1) is 19.2. The number of rotatable bonds is 2. The second kappa shape index (κ2) is 7.33. The zero-order valence-corrected chi connectivity index (χ0v) is 16.2. The molecule has 146 valence electrons. The fourth-order valence-corrected chi connectivity index (χ4v) is 3.70. The Morgan fingerprint density at radius 1 is 1.00 bits per heavy atom. The summed E-state index contributed by atoms with van der Waals surface area (Å²) in [7, 11) is 0. The predicted octanol–water partition coefficient (Wildman–Crippen LogP) is 6.61. The number of hydrogen-bond acceptors (Lipinski definition) is 2. The smallest absolute Gasteiger partial charge is 0.370 e. The molecular weight excluding hydrogens is 410 g/mol. The lowest BCUT2D eigenvalue weighted by atomic mass is 10.0. The van der Waals surface area contributed by atoms with Crippen molar-refractivity contribution in [3.8, 4) is 16.9 Å². The Bertz CT molecular complexity index is 1010. The summed E-state index contributed by atoms with van der Waals surface area (Å²) in [5.74, 6) is 0.781. The van der Waals surface area contributed by atoms with Crippen molar-refractivity contribution in [1.29, 1.82) is 0 Å². The Morgan fingerprint density at radius 3 is 2.46 bits per heavy atom. The minimum absolute atomic E-state index is 0.237. The van der Waals surface area contributed by atoms with E-state index in [-0.39, 0.29) is 10.6 Å². The molecule has 1 aromatic heterocycles. The van der Waals surface area contributed by atoms with Crippen molar-refractivity contribution in [3.05, 3.63) is 63.6 Å². The van der Waals surface area contributed by atoms with E-state index in [9.17, 15) is 13.2 Å². The first-order valence-corrected chi connectivity index (χ1v) is 9.59. The van der Waals surface area contributed by atoms with Gasteiger partial charge in [0.1, 0.15) is 5.82 Å². The summed E-state index contributed by atoms with van der Waals surface area (Å²) in [4.78, 5) is 0. The molecule has 0 unspecified atom stereocenters. The van der Waals surface area contributed by atoms with E-state index in [1.807, 2.05) is 12.1 Å². The van der Waals surface area contributed by atoms with Crippen LogP contribution in [0.4, 0.5) is 19.0 Å². The van der Waals surface area contributed by atoms with Crippen LogP contribution in [0.15, 0.2) is 42.5 Å². The third kappa shape index (κ3) is 3.59. The summed E-state index contributed by atoms with van der Waals surface area (Å²) in [6, 6.07) is 10.5. The van der Waals surface area contributed by atoms with Gasteiger partial charge in [-0.3, -0.25) is 0 Å². The number of aromatic nitrogens is 2. The lowest BCUT2D eigenvalue weighted by molar-refractivity contribution is -0.137. The normalized spacial score (nSPS) is 14.3. The van der Waals surface area contributed by atoms with Crippen molar-refractivity contribution in [3.63, 3.8) is 0 Å². The second-order valence-corrected chi connectivity index (χ2v) is 7.48. The van der Waals surface area contributed by atoms with Crippen LogP contribution in [0.3, 0.4) is 0 Å². The van der Waals surface area contributed by atoms with Crippen LogP contribution in [0, 0.1) is 0 Å². The zero-order valence-electron chi connectivity index (χ0n) is 14.7. The van der Waals surface area contributed by atoms with Crippen LogP contribution in [-0.2, 0) is 12.6 Å². The van der Waals surface area contributed by atoms with Crippen LogP contribution in [0.5, 0.6) is 0 Å². The van der Waals surface area contributed by atoms with Crippen molar-refractivity contribution in [2.45, 2.75) is 25.4 Å². The summed E-state index contributed by atoms with van der Waals surface area (Å²) in [6.07, 6.45) is -1.87. The Balaban J connectivity index is 1.92. The van der Waals surface area contributed by atoms with Gasteiger partial charge in [-0.15, -0.1) is 0 Å². The van der Waals surface area contributed by atoms with Crippen molar-refractivity contribution in [2.75, 3.05) is 11.9 Å². The van der Waals surface area contributed by atoms with Crippen LogP contribution in [-0.4, -0.2) is 16.3 Å². The number of hydrogen-bond donors (Lipinski definition) is 1. The van der Waals surface area contributed by atoms with Crippen molar-refractivity contribution >= 4 is 29.0 Å². The molecule has 1 aliphatic rings. The van der Waals surface area contributed by atoms with Gasteiger partial charge in [0.15, 0.2) is 0 Å². The molecule has 28 heavy (non-hydrogen) atoms. The lowest BCUT2D eigenvalue weighted by Gasteiger charge is -2.10. The minimum Gasteiger partial charge on any atom is -0.370 e. The number of anilines is 1. The molecule has 0 fully saturated rings. The van der Waals surface area contributed by atoms with Gasteiger partial charge < -0.3 is 5.32 Å². The maximum absolute atomic E-state index is 13.2. The van der Waals surface area contributed by atoms with Gasteiger partial charge in [0.05, 0.1) is 22.0 Å². The Labute approximate surface area is 170 Å². The highest BCUT2D eigenvalue weighted by molar-refractivity contribution is 6.33. The zero-order chi connectivity index (χ0) is 19.9. The van der Waals surface area contributed by atoms with Gasteiger partial charge in [0.25, 0.3) is 0 Å². The Kier molecular flexibility index (Phi) is 5.02. The van der Waals surface area contributed by atoms with Gasteiger partial charge in [-0.2, -0.15) is 18.3 Å². The standard InChI is InChI=1S/C20H16Cl2F3N3/c21-13-5-7-14(8-6-13)28-19-15(3-1-2-10-26-19)18(27-28)16-11-12(20(23,24)25)4-9-17(16)22/h4-9,11,26H,1-3,10H2.